The minimum absolute atomic E-state index is 0.0519. The lowest BCUT2D eigenvalue weighted by Crippen LogP contribution is -2.30. The van der Waals surface area contributed by atoms with Crippen molar-refractivity contribution in [2.75, 3.05) is 17.3 Å². The van der Waals surface area contributed by atoms with E-state index >= 15 is 0 Å². The Morgan fingerprint density at radius 3 is 2.86 bits per heavy atom. The first-order valence-corrected chi connectivity index (χ1v) is 7.87. The van der Waals surface area contributed by atoms with Crippen molar-refractivity contribution in [3.8, 4) is 0 Å². The summed E-state index contributed by atoms with van der Waals surface area (Å²) < 4.78 is 0. The molecule has 2 aliphatic rings. The number of aliphatic imine (C=N–C) groups is 1. The van der Waals surface area contributed by atoms with Crippen LogP contribution in [0.3, 0.4) is 0 Å². The Kier molecular flexibility index (Phi) is 3.85. The average Bonchev–Trinajstić information content (AvgIpc) is 2.65. The van der Waals surface area contributed by atoms with Crippen LogP contribution in [0.25, 0.3) is 0 Å². The fourth-order valence-corrected chi connectivity index (χ4v) is 5.87. The van der Waals surface area contributed by atoms with Crippen LogP contribution in [0.4, 0.5) is 0 Å². The van der Waals surface area contributed by atoms with Gasteiger partial charge in [0.1, 0.15) is 0 Å². The first-order chi connectivity index (χ1) is 6.81. The van der Waals surface area contributed by atoms with E-state index in [1.165, 1.54) is 17.9 Å². The molecule has 1 amide bonds. The van der Waals surface area contributed by atoms with Gasteiger partial charge in [-0.3, -0.25) is 4.79 Å². The van der Waals surface area contributed by atoms with E-state index in [2.05, 4.69) is 11.9 Å². The summed E-state index contributed by atoms with van der Waals surface area (Å²) in [5.41, 5.74) is 0. The minimum Gasteiger partial charge on any atom is -0.272 e. The molecule has 2 aliphatic heterocycles. The molecule has 1 fully saturated rings. The molecule has 0 aromatic carbocycles. The summed E-state index contributed by atoms with van der Waals surface area (Å²) >= 11 is 5.65. The summed E-state index contributed by atoms with van der Waals surface area (Å²) in [7, 11) is 0. The Labute approximate surface area is 97.1 Å². The summed E-state index contributed by atoms with van der Waals surface area (Å²) in [5.74, 6) is 3.05. The van der Waals surface area contributed by atoms with Crippen LogP contribution in [0.5, 0.6) is 0 Å². The van der Waals surface area contributed by atoms with E-state index < -0.39 is 0 Å². The largest absolute Gasteiger partial charge is 0.272 e. The lowest BCUT2D eigenvalue weighted by Gasteiger charge is -2.29. The standard InChI is InChI=1S/C9H13NOS3/c1-2-6-8(13-4-3-12-6)9-10-7(11)5-14-9/h6,8H,2-5H2,1H3. The van der Waals surface area contributed by atoms with Crippen LogP contribution in [0.1, 0.15) is 13.3 Å². The normalized spacial score (nSPS) is 33.2. The fourth-order valence-electron chi connectivity index (χ4n) is 1.60. The highest BCUT2D eigenvalue weighted by atomic mass is 32.2. The minimum atomic E-state index is 0.0519. The van der Waals surface area contributed by atoms with Crippen LogP contribution in [-0.2, 0) is 4.79 Å². The van der Waals surface area contributed by atoms with Gasteiger partial charge >= 0.3 is 0 Å². The molecule has 0 spiro atoms. The molecule has 0 N–H and O–H groups in total. The van der Waals surface area contributed by atoms with E-state index in [0.717, 1.165) is 5.04 Å². The predicted molar refractivity (Wildman–Crippen MR) is 67.7 cm³/mol. The van der Waals surface area contributed by atoms with Gasteiger partial charge in [0, 0.05) is 16.8 Å². The molecule has 0 saturated carbocycles. The zero-order valence-corrected chi connectivity index (χ0v) is 10.5. The van der Waals surface area contributed by atoms with Gasteiger partial charge in [0.2, 0.25) is 0 Å². The van der Waals surface area contributed by atoms with Crippen molar-refractivity contribution in [1.29, 1.82) is 0 Å². The van der Waals surface area contributed by atoms with E-state index in [-0.39, 0.29) is 5.91 Å². The molecule has 5 heteroatoms. The van der Waals surface area contributed by atoms with Gasteiger partial charge in [0.15, 0.2) is 0 Å². The Balaban J connectivity index is 2.07. The van der Waals surface area contributed by atoms with Crippen LogP contribution in [0, 0.1) is 0 Å². The van der Waals surface area contributed by atoms with Gasteiger partial charge in [-0.25, -0.2) is 4.99 Å². The third kappa shape index (κ3) is 2.31. The van der Waals surface area contributed by atoms with E-state index in [9.17, 15) is 4.79 Å². The second-order valence-corrected chi connectivity index (χ2v) is 6.83. The molecular formula is C9H13NOS3. The maximum Gasteiger partial charge on any atom is 0.256 e. The van der Waals surface area contributed by atoms with Gasteiger partial charge in [0.05, 0.1) is 16.0 Å². The first kappa shape index (κ1) is 10.9. The monoisotopic (exact) mass is 247 g/mol. The highest BCUT2D eigenvalue weighted by molar-refractivity contribution is 8.18. The van der Waals surface area contributed by atoms with Crippen molar-refractivity contribution >= 4 is 46.2 Å². The number of thioether (sulfide) groups is 3. The zero-order valence-electron chi connectivity index (χ0n) is 8.06. The van der Waals surface area contributed by atoms with Gasteiger partial charge in [-0.2, -0.15) is 11.8 Å². The molecule has 0 aromatic rings. The fraction of sp³-hybridized carbons (Fsp3) is 0.778. The molecule has 2 heterocycles. The Bertz CT molecular complexity index is 267. The lowest BCUT2D eigenvalue weighted by molar-refractivity contribution is -0.115. The van der Waals surface area contributed by atoms with Crippen LogP contribution in [0.15, 0.2) is 4.99 Å². The number of hydrogen-bond donors (Lipinski definition) is 0. The number of amides is 1. The van der Waals surface area contributed by atoms with Crippen molar-refractivity contribution in [3.05, 3.63) is 0 Å². The molecule has 2 unspecified atom stereocenters. The molecule has 0 radical (unpaired) electrons. The second kappa shape index (κ2) is 4.94. The maximum atomic E-state index is 11.1. The summed E-state index contributed by atoms with van der Waals surface area (Å²) in [6.45, 7) is 2.22. The summed E-state index contributed by atoms with van der Waals surface area (Å²) in [6, 6.07) is 0. The van der Waals surface area contributed by atoms with E-state index in [1.807, 2.05) is 23.5 Å². The molecule has 78 valence electrons. The van der Waals surface area contributed by atoms with Crippen LogP contribution in [-0.4, -0.2) is 38.7 Å². The third-order valence-electron chi connectivity index (χ3n) is 2.27. The number of carbonyl (C=O) groups is 1. The van der Waals surface area contributed by atoms with Crippen molar-refractivity contribution in [1.82, 2.24) is 0 Å². The van der Waals surface area contributed by atoms with Crippen LogP contribution in [0.2, 0.25) is 0 Å². The molecule has 1 saturated heterocycles. The number of hydrogen-bond acceptors (Lipinski definition) is 4. The molecule has 2 nitrogen and oxygen atoms in total. The predicted octanol–water partition coefficient (Wildman–Crippen LogP) is 2.29. The number of nitrogens with zero attached hydrogens (tertiary/aromatic N) is 1. The van der Waals surface area contributed by atoms with Gasteiger partial charge in [-0.1, -0.05) is 18.7 Å². The lowest BCUT2D eigenvalue weighted by atomic mass is 10.2. The second-order valence-electron chi connectivity index (χ2n) is 3.24. The van der Waals surface area contributed by atoms with E-state index in [0.29, 0.717) is 16.3 Å². The number of rotatable bonds is 2. The quantitative estimate of drug-likeness (QED) is 0.749. The first-order valence-electron chi connectivity index (χ1n) is 4.78. The summed E-state index contributed by atoms with van der Waals surface area (Å²) in [6.07, 6.45) is 1.18. The topological polar surface area (TPSA) is 29.4 Å². The van der Waals surface area contributed by atoms with Crippen molar-refractivity contribution in [3.63, 3.8) is 0 Å². The molecule has 2 atom stereocenters. The van der Waals surface area contributed by atoms with Crippen molar-refractivity contribution < 1.29 is 4.79 Å². The molecule has 0 aliphatic carbocycles. The molecule has 0 aromatic heterocycles. The van der Waals surface area contributed by atoms with Crippen molar-refractivity contribution in [2.45, 2.75) is 23.8 Å². The highest BCUT2D eigenvalue weighted by Crippen LogP contribution is 2.37. The molecule has 2 rings (SSSR count). The zero-order chi connectivity index (χ0) is 9.97. The van der Waals surface area contributed by atoms with E-state index in [1.54, 1.807) is 11.8 Å². The SMILES string of the molecule is CCC1SCCSC1C1=NC(=O)CS1. The summed E-state index contributed by atoms with van der Waals surface area (Å²) in [5, 5.41) is 2.22. The average molecular weight is 247 g/mol. The van der Waals surface area contributed by atoms with Crippen LogP contribution < -0.4 is 0 Å². The Hall–Kier alpha value is 0.390. The van der Waals surface area contributed by atoms with Gasteiger partial charge in [-0.05, 0) is 6.42 Å². The van der Waals surface area contributed by atoms with Gasteiger partial charge in [-0.15, -0.1) is 11.8 Å². The maximum absolute atomic E-state index is 11.1. The van der Waals surface area contributed by atoms with Gasteiger partial charge in [0.25, 0.3) is 5.91 Å². The third-order valence-corrected chi connectivity index (χ3v) is 6.71. The van der Waals surface area contributed by atoms with Crippen LogP contribution >= 0.6 is 35.3 Å². The number of carbonyl (C=O) groups excluding carboxylic acids is 1. The van der Waals surface area contributed by atoms with E-state index in [4.69, 9.17) is 0 Å². The Morgan fingerprint density at radius 1 is 1.43 bits per heavy atom. The Morgan fingerprint density at radius 2 is 2.21 bits per heavy atom. The highest BCUT2D eigenvalue weighted by Gasteiger charge is 2.32. The molecule has 0 bridgehead atoms. The van der Waals surface area contributed by atoms with Crippen molar-refractivity contribution in [2.24, 2.45) is 4.99 Å². The molecular weight excluding hydrogens is 234 g/mol. The molecule has 14 heavy (non-hydrogen) atoms. The van der Waals surface area contributed by atoms with Gasteiger partial charge < -0.3 is 0 Å². The summed E-state index contributed by atoms with van der Waals surface area (Å²) in [4.78, 5) is 15.2. The smallest absolute Gasteiger partial charge is 0.256 e.